The summed E-state index contributed by atoms with van der Waals surface area (Å²) in [4.78, 5) is 29.6. The van der Waals surface area contributed by atoms with Crippen LogP contribution >= 0.6 is 0 Å². The van der Waals surface area contributed by atoms with Crippen LogP contribution in [0.15, 0.2) is 48.7 Å². The molecule has 2 amide bonds. The topological polar surface area (TPSA) is 73.9 Å². The third kappa shape index (κ3) is 5.31. The lowest BCUT2D eigenvalue weighted by atomic mass is 9.94. The Kier molecular flexibility index (Phi) is 7.13. The standard InChI is InChI=1S/C30H38N4O3/c1-5-22(17-32-20(3)23-8-9-23)24-10-13-28-29(16-24)33(18-19(2)34(28)21(4)35)30(36)37-26-11-12-27-25(15-26)7-6-14-31-27/h10-13,15-16,19,22-23,31-32H,3,5-9,14,17-18H2,1-2,4H3/t19-,22?/m0/s1. The Morgan fingerprint density at radius 2 is 2.00 bits per heavy atom. The molecule has 0 radical (unpaired) electrons. The minimum Gasteiger partial charge on any atom is -0.410 e. The van der Waals surface area contributed by atoms with Crippen LogP contribution in [0.5, 0.6) is 5.75 Å². The Balaban J connectivity index is 1.42. The van der Waals surface area contributed by atoms with E-state index < -0.39 is 6.09 Å². The highest BCUT2D eigenvalue weighted by Crippen LogP contribution is 2.39. The number of aryl methyl sites for hydroxylation is 1. The van der Waals surface area contributed by atoms with Crippen molar-refractivity contribution in [3.05, 3.63) is 59.8 Å². The molecule has 0 bridgehead atoms. The zero-order valence-electron chi connectivity index (χ0n) is 22.2. The Labute approximate surface area is 219 Å². The number of allylic oxidation sites excluding steroid dienone is 1. The average molecular weight is 503 g/mol. The van der Waals surface area contributed by atoms with Crippen molar-refractivity contribution in [3.63, 3.8) is 0 Å². The summed E-state index contributed by atoms with van der Waals surface area (Å²) in [7, 11) is 0. The molecule has 2 aliphatic heterocycles. The first kappa shape index (κ1) is 25.2. The molecular formula is C30H38N4O3. The van der Waals surface area contributed by atoms with E-state index in [2.05, 4.69) is 36.3 Å². The highest BCUT2D eigenvalue weighted by Gasteiger charge is 2.35. The van der Waals surface area contributed by atoms with Crippen LogP contribution in [0.4, 0.5) is 21.9 Å². The average Bonchev–Trinajstić information content (AvgIpc) is 3.74. The van der Waals surface area contributed by atoms with Crippen LogP contribution in [0, 0.1) is 5.92 Å². The number of rotatable bonds is 7. The van der Waals surface area contributed by atoms with Crippen molar-refractivity contribution < 1.29 is 14.3 Å². The second-order valence-corrected chi connectivity index (χ2v) is 10.6. The minimum absolute atomic E-state index is 0.0360. The maximum atomic E-state index is 13.5. The van der Waals surface area contributed by atoms with Gasteiger partial charge in [0.2, 0.25) is 5.91 Å². The van der Waals surface area contributed by atoms with Gasteiger partial charge in [-0.3, -0.25) is 9.69 Å². The number of benzene rings is 2. The first-order valence-corrected chi connectivity index (χ1v) is 13.6. The SMILES string of the molecule is C=C(NCC(CC)c1ccc2c(c1)N(C(=O)Oc1ccc3c(c1)CCCN3)C[C@H](C)N2C(C)=O)C1CC1. The Bertz CT molecular complexity index is 1210. The fraction of sp³-hybridized carbons (Fsp3) is 0.467. The second-order valence-electron chi connectivity index (χ2n) is 10.6. The van der Waals surface area contributed by atoms with Crippen molar-refractivity contribution in [2.45, 2.75) is 64.8 Å². The quantitative estimate of drug-likeness (QED) is 0.500. The summed E-state index contributed by atoms with van der Waals surface area (Å²) in [6.07, 6.45) is 4.99. The maximum Gasteiger partial charge on any atom is 0.419 e. The molecule has 5 rings (SSSR count). The number of anilines is 3. The van der Waals surface area contributed by atoms with Gasteiger partial charge in [0.15, 0.2) is 0 Å². The molecule has 0 saturated heterocycles. The van der Waals surface area contributed by atoms with Crippen LogP contribution in [-0.2, 0) is 11.2 Å². The molecule has 2 heterocycles. The van der Waals surface area contributed by atoms with Gasteiger partial charge in [-0.05, 0) is 86.4 Å². The summed E-state index contributed by atoms with van der Waals surface area (Å²) in [5, 5.41) is 6.92. The van der Waals surface area contributed by atoms with Crippen molar-refractivity contribution in [2.24, 2.45) is 5.92 Å². The van der Waals surface area contributed by atoms with Crippen molar-refractivity contribution in [1.82, 2.24) is 5.32 Å². The van der Waals surface area contributed by atoms with Crippen molar-refractivity contribution in [3.8, 4) is 5.75 Å². The molecule has 196 valence electrons. The molecule has 0 aromatic heterocycles. The van der Waals surface area contributed by atoms with Gasteiger partial charge in [0.25, 0.3) is 0 Å². The summed E-state index contributed by atoms with van der Waals surface area (Å²) in [5.41, 5.74) is 5.99. The van der Waals surface area contributed by atoms with Crippen LogP contribution in [0.3, 0.4) is 0 Å². The van der Waals surface area contributed by atoms with Crippen LogP contribution in [0.25, 0.3) is 0 Å². The molecule has 3 aliphatic rings. The predicted octanol–water partition coefficient (Wildman–Crippen LogP) is 5.81. The van der Waals surface area contributed by atoms with E-state index in [4.69, 9.17) is 4.74 Å². The van der Waals surface area contributed by atoms with Gasteiger partial charge in [0, 0.05) is 43.9 Å². The summed E-state index contributed by atoms with van der Waals surface area (Å²) in [6.45, 7) is 12.0. The third-order valence-electron chi connectivity index (χ3n) is 7.83. The van der Waals surface area contributed by atoms with Gasteiger partial charge in [-0.15, -0.1) is 0 Å². The van der Waals surface area contributed by atoms with E-state index in [0.29, 0.717) is 18.2 Å². The smallest absolute Gasteiger partial charge is 0.410 e. The molecule has 2 aromatic carbocycles. The summed E-state index contributed by atoms with van der Waals surface area (Å²) in [6, 6.07) is 11.7. The van der Waals surface area contributed by atoms with Gasteiger partial charge < -0.3 is 20.3 Å². The van der Waals surface area contributed by atoms with E-state index in [0.717, 1.165) is 60.7 Å². The van der Waals surface area contributed by atoms with Gasteiger partial charge in [0.05, 0.1) is 17.4 Å². The summed E-state index contributed by atoms with van der Waals surface area (Å²) >= 11 is 0. The van der Waals surface area contributed by atoms with Crippen molar-refractivity contribution >= 4 is 29.1 Å². The number of carbonyl (C=O) groups excluding carboxylic acids is 2. The van der Waals surface area contributed by atoms with Gasteiger partial charge in [-0.25, -0.2) is 4.79 Å². The third-order valence-corrected chi connectivity index (χ3v) is 7.83. The molecule has 1 unspecified atom stereocenters. The molecular weight excluding hydrogens is 464 g/mol. The van der Waals surface area contributed by atoms with Crippen LogP contribution in [-0.4, -0.2) is 37.7 Å². The monoisotopic (exact) mass is 502 g/mol. The molecule has 2 aromatic rings. The molecule has 7 nitrogen and oxygen atoms in total. The fourth-order valence-corrected chi connectivity index (χ4v) is 5.55. The Morgan fingerprint density at radius 3 is 2.73 bits per heavy atom. The maximum absolute atomic E-state index is 13.5. The van der Waals surface area contributed by atoms with E-state index in [9.17, 15) is 9.59 Å². The van der Waals surface area contributed by atoms with Gasteiger partial charge in [-0.2, -0.15) is 0 Å². The Morgan fingerprint density at radius 1 is 1.19 bits per heavy atom. The number of carbonyl (C=O) groups is 2. The van der Waals surface area contributed by atoms with E-state index in [1.807, 2.05) is 31.2 Å². The predicted molar refractivity (Wildman–Crippen MR) is 149 cm³/mol. The first-order valence-electron chi connectivity index (χ1n) is 13.6. The molecule has 7 heteroatoms. The normalized spacial score (nSPS) is 19.3. The highest BCUT2D eigenvalue weighted by atomic mass is 16.6. The number of fused-ring (bicyclic) bond motifs is 2. The fourth-order valence-electron chi connectivity index (χ4n) is 5.55. The molecule has 2 N–H and O–H groups in total. The highest BCUT2D eigenvalue weighted by molar-refractivity contribution is 6.02. The molecule has 37 heavy (non-hydrogen) atoms. The summed E-state index contributed by atoms with van der Waals surface area (Å²) < 4.78 is 5.89. The van der Waals surface area contributed by atoms with Gasteiger partial charge in [0.1, 0.15) is 5.75 Å². The van der Waals surface area contributed by atoms with E-state index >= 15 is 0 Å². The largest absolute Gasteiger partial charge is 0.419 e. The molecule has 1 fully saturated rings. The molecule has 0 spiro atoms. The van der Waals surface area contributed by atoms with Crippen molar-refractivity contribution in [2.75, 3.05) is 34.8 Å². The first-order chi connectivity index (χ1) is 17.9. The zero-order chi connectivity index (χ0) is 26.1. The van der Waals surface area contributed by atoms with Crippen LogP contribution in [0.2, 0.25) is 0 Å². The summed E-state index contributed by atoms with van der Waals surface area (Å²) in [5.74, 6) is 1.38. The van der Waals surface area contributed by atoms with E-state index in [-0.39, 0.29) is 17.9 Å². The van der Waals surface area contributed by atoms with Gasteiger partial charge >= 0.3 is 6.09 Å². The molecule has 1 saturated carbocycles. The number of amides is 2. The Hall–Kier alpha value is -3.48. The molecule has 2 atom stereocenters. The number of nitrogens with zero attached hydrogens (tertiary/aromatic N) is 2. The van der Waals surface area contributed by atoms with Crippen molar-refractivity contribution in [1.29, 1.82) is 0 Å². The lowest BCUT2D eigenvalue weighted by Crippen LogP contribution is -2.52. The molecule has 1 aliphatic carbocycles. The lowest BCUT2D eigenvalue weighted by Gasteiger charge is -2.40. The van der Waals surface area contributed by atoms with E-state index in [1.165, 1.54) is 18.4 Å². The minimum atomic E-state index is -0.426. The zero-order valence-corrected chi connectivity index (χ0v) is 22.2. The second kappa shape index (κ2) is 10.5. The van der Waals surface area contributed by atoms with Gasteiger partial charge in [-0.1, -0.05) is 19.6 Å². The van der Waals surface area contributed by atoms with Crippen LogP contribution in [0.1, 0.15) is 63.5 Å². The lowest BCUT2D eigenvalue weighted by molar-refractivity contribution is -0.117. The number of nitrogens with one attached hydrogen (secondary N) is 2. The number of hydrogen-bond acceptors (Lipinski definition) is 5. The van der Waals surface area contributed by atoms with E-state index in [1.54, 1.807) is 16.7 Å². The number of hydrogen-bond donors (Lipinski definition) is 2. The number of ether oxygens (including phenoxy) is 1. The van der Waals surface area contributed by atoms with Crippen LogP contribution < -0.4 is 25.2 Å².